The maximum absolute atomic E-state index is 9.98. The summed E-state index contributed by atoms with van der Waals surface area (Å²) >= 11 is 3.96. The molecule has 0 radical (unpaired) electrons. The van der Waals surface area contributed by atoms with E-state index in [0.29, 0.717) is 0 Å². The van der Waals surface area contributed by atoms with E-state index in [1.165, 1.54) is 0 Å². The van der Waals surface area contributed by atoms with Gasteiger partial charge in [0.2, 0.25) is 0 Å². The van der Waals surface area contributed by atoms with Crippen LogP contribution in [-0.2, 0) is 14.2 Å². The molecule has 0 amide bonds. The Kier molecular flexibility index (Phi) is 6.61. The lowest BCUT2D eigenvalue weighted by molar-refractivity contribution is -0.351. The molecule has 2 rings (SSSR count). The van der Waals surface area contributed by atoms with Crippen molar-refractivity contribution < 1.29 is 50.0 Å². The zero-order valence-electron chi connectivity index (χ0n) is 12.0. The van der Waals surface area contributed by atoms with Crippen molar-refractivity contribution in [1.82, 2.24) is 0 Å². The van der Waals surface area contributed by atoms with E-state index in [9.17, 15) is 35.7 Å². The van der Waals surface area contributed by atoms with Crippen LogP contribution in [0.2, 0.25) is 0 Å². The molecule has 0 aromatic rings. The Hall–Kier alpha value is -0.0500. The summed E-state index contributed by atoms with van der Waals surface area (Å²) in [4.78, 5) is 0. The second-order valence-electron chi connectivity index (χ2n) is 5.53. The minimum absolute atomic E-state index is 0.0271. The summed E-state index contributed by atoms with van der Waals surface area (Å²) in [5.74, 6) is 0.0271. The van der Waals surface area contributed by atoms with Crippen LogP contribution in [0.15, 0.2) is 0 Å². The molecule has 2 aliphatic rings. The predicted molar refractivity (Wildman–Crippen MR) is 75.4 cm³/mol. The maximum atomic E-state index is 9.98. The summed E-state index contributed by atoms with van der Waals surface area (Å²) in [6.45, 7) is -0.643. The van der Waals surface area contributed by atoms with Crippen LogP contribution in [0.4, 0.5) is 0 Å². The fraction of sp³-hybridized carbons (Fsp3) is 1.00. The molecule has 2 heterocycles. The third kappa shape index (κ3) is 3.80. The van der Waals surface area contributed by atoms with Crippen LogP contribution in [-0.4, -0.2) is 110 Å². The fourth-order valence-corrected chi connectivity index (χ4v) is 2.87. The average Bonchev–Trinajstić information content (AvgIpc) is 2.55. The van der Waals surface area contributed by atoms with E-state index in [0.717, 1.165) is 0 Å². The van der Waals surface area contributed by atoms with Crippen molar-refractivity contribution in [2.24, 2.45) is 0 Å². The van der Waals surface area contributed by atoms with E-state index in [1.54, 1.807) is 0 Å². The third-order valence-corrected chi connectivity index (χ3v) is 4.34. The Balaban J connectivity index is 2.11. The van der Waals surface area contributed by atoms with Gasteiger partial charge in [0.15, 0.2) is 12.6 Å². The molecule has 0 aromatic carbocycles. The number of thiol groups is 1. The van der Waals surface area contributed by atoms with Gasteiger partial charge in [-0.1, -0.05) is 0 Å². The SMILES string of the molecule is OC[C@H]1O[C@@H](O)[C@H](O)[C@@H](O)[C@@H]1O[C@@H]1O[C@H](CS)[C@@H](O)[C@H](O)[C@H]1O. The van der Waals surface area contributed by atoms with Crippen LogP contribution in [0.1, 0.15) is 0 Å². The molecule has 0 unspecified atom stereocenters. The van der Waals surface area contributed by atoms with Crippen molar-refractivity contribution in [3.8, 4) is 0 Å². The van der Waals surface area contributed by atoms with E-state index in [4.69, 9.17) is 14.2 Å². The van der Waals surface area contributed by atoms with Gasteiger partial charge in [-0.3, -0.25) is 0 Å². The molecule has 2 saturated heterocycles. The molecule has 2 fully saturated rings. The molecule has 0 aromatic heterocycles. The van der Waals surface area contributed by atoms with Crippen LogP contribution >= 0.6 is 12.6 Å². The van der Waals surface area contributed by atoms with Crippen molar-refractivity contribution in [3.63, 3.8) is 0 Å². The zero-order chi connectivity index (χ0) is 17.3. The van der Waals surface area contributed by atoms with Gasteiger partial charge < -0.3 is 50.0 Å². The van der Waals surface area contributed by atoms with Gasteiger partial charge in [-0.25, -0.2) is 0 Å². The highest BCUT2D eigenvalue weighted by molar-refractivity contribution is 7.80. The molecule has 0 bridgehead atoms. The summed E-state index contributed by atoms with van der Waals surface area (Å²) in [6, 6.07) is 0. The van der Waals surface area contributed by atoms with Crippen LogP contribution in [0, 0.1) is 0 Å². The topological polar surface area (TPSA) is 169 Å². The van der Waals surface area contributed by atoms with Crippen LogP contribution in [0.25, 0.3) is 0 Å². The van der Waals surface area contributed by atoms with Gasteiger partial charge in [-0.15, -0.1) is 0 Å². The maximum Gasteiger partial charge on any atom is 0.187 e. The average molecular weight is 358 g/mol. The monoisotopic (exact) mass is 358 g/mol. The first-order valence-corrected chi connectivity index (χ1v) is 7.71. The molecule has 10 atom stereocenters. The van der Waals surface area contributed by atoms with Crippen LogP contribution in [0.3, 0.4) is 0 Å². The zero-order valence-corrected chi connectivity index (χ0v) is 12.9. The number of aliphatic hydroxyl groups is 7. The summed E-state index contributed by atoms with van der Waals surface area (Å²) in [7, 11) is 0. The summed E-state index contributed by atoms with van der Waals surface area (Å²) in [5, 5.41) is 67.7. The smallest absolute Gasteiger partial charge is 0.187 e. The van der Waals surface area contributed by atoms with E-state index >= 15 is 0 Å². The van der Waals surface area contributed by atoms with E-state index in [-0.39, 0.29) is 5.75 Å². The minimum atomic E-state index is -1.71. The van der Waals surface area contributed by atoms with Gasteiger partial charge in [0.1, 0.15) is 42.7 Å². The Morgan fingerprint density at radius 2 is 1.43 bits per heavy atom. The highest BCUT2D eigenvalue weighted by Crippen LogP contribution is 2.28. The van der Waals surface area contributed by atoms with Gasteiger partial charge in [-0.2, -0.15) is 12.6 Å². The van der Waals surface area contributed by atoms with Gasteiger partial charge in [0, 0.05) is 5.75 Å². The fourth-order valence-electron chi connectivity index (χ4n) is 2.57. The Morgan fingerprint density at radius 3 is 2.00 bits per heavy atom. The molecule has 7 N–H and O–H groups in total. The molecule has 10 nitrogen and oxygen atoms in total. The van der Waals surface area contributed by atoms with Crippen LogP contribution < -0.4 is 0 Å². The highest BCUT2D eigenvalue weighted by Gasteiger charge is 2.49. The summed E-state index contributed by atoms with van der Waals surface area (Å²) in [5.41, 5.74) is 0. The standard InChI is InChI=1S/C12H22O10S/c13-1-3-10(7(16)8(17)11(19)20-3)22-12-9(18)6(15)5(14)4(2-23)21-12/h3-19,23H,1-2H2/t3-,4-,5-,6+,7-,8-,9-,10-,11-,12+/m1/s1. The molecule has 136 valence electrons. The number of ether oxygens (including phenoxy) is 3. The Labute approximate surface area is 137 Å². The Bertz CT molecular complexity index is 383. The van der Waals surface area contributed by atoms with Crippen LogP contribution in [0.5, 0.6) is 0 Å². The van der Waals surface area contributed by atoms with Crippen molar-refractivity contribution in [2.75, 3.05) is 12.4 Å². The lowest BCUT2D eigenvalue weighted by Crippen LogP contribution is -2.64. The molecule has 0 aliphatic carbocycles. The molecular weight excluding hydrogens is 336 g/mol. The first-order chi connectivity index (χ1) is 10.8. The van der Waals surface area contributed by atoms with E-state index < -0.39 is 68.0 Å². The van der Waals surface area contributed by atoms with E-state index in [2.05, 4.69) is 12.6 Å². The summed E-state index contributed by atoms with van der Waals surface area (Å²) < 4.78 is 15.5. The molecule has 2 aliphatic heterocycles. The summed E-state index contributed by atoms with van der Waals surface area (Å²) in [6.07, 6.45) is -14.6. The second kappa shape index (κ2) is 7.89. The van der Waals surface area contributed by atoms with Gasteiger partial charge in [-0.05, 0) is 0 Å². The van der Waals surface area contributed by atoms with Gasteiger partial charge in [0.05, 0.1) is 12.7 Å². The lowest BCUT2D eigenvalue weighted by Gasteiger charge is -2.45. The van der Waals surface area contributed by atoms with Crippen molar-refractivity contribution in [3.05, 3.63) is 0 Å². The predicted octanol–water partition coefficient (Wildman–Crippen LogP) is -4.46. The second-order valence-corrected chi connectivity index (χ2v) is 5.89. The largest absolute Gasteiger partial charge is 0.394 e. The molecule has 0 saturated carbocycles. The molecular formula is C12H22O10S. The first-order valence-electron chi connectivity index (χ1n) is 7.08. The molecule has 11 heteroatoms. The third-order valence-electron chi connectivity index (χ3n) is 3.98. The lowest BCUT2D eigenvalue weighted by atomic mass is 9.97. The Morgan fingerprint density at radius 1 is 0.783 bits per heavy atom. The van der Waals surface area contributed by atoms with Gasteiger partial charge in [0.25, 0.3) is 0 Å². The van der Waals surface area contributed by atoms with Gasteiger partial charge >= 0.3 is 0 Å². The molecule has 23 heavy (non-hydrogen) atoms. The molecule has 0 spiro atoms. The normalized spacial score (nSPS) is 51.7. The number of hydrogen-bond donors (Lipinski definition) is 8. The quantitative estimate of drug-likeness (QED) is 0.229. The number of hydrogen-bond acceptors (Lipinski definition) is 11. The number of rotatable bonds is 4. The minimum Gasteiger partial charge on any atom is -0.394 e. The highest BCUT2D eigenvalue weighted by atomic mass is 32.1. The first kappa shape index (κ1) is 19.3. The van der Waals surface area contributed by atoms with Crippen molar-refractivity contribution in [2.45, 2.75) is 61.4 Å². The number of aliphatic hydroxyl groups excluding tert-OH is 7. The van der Waals surface area contributed by atoms with Crippen molar-refractivity contribution in [1.29, 1.82) is 0 Å². The van der Waals surface area contributed by atoms with Crippen molar-refractivity contribution >= 4 is 12.6 Å². The van der Waals surface area contributed by atoms with E-state index in [1.807, 2.05) is 0 Å².